The number of benzene rings is 1. The average molecular weight is 336 g/mol. The molecule has 0 aliphatic heterocycles. The van der Waals surface area contributed by atoms with E-state index in [9.17, 15) is 0 Å². The SMILES string of the molecule is CCOc1cc(C(C)(C)C)c(Br)cc1Br. The number of rotatable bonds is 2. The Kier molecular flexibility index (Phi) is 4.24. The fourth-order valence-electron chi connectivity index (χ4n) is 1.37. The molecule has 1 aromatic rings. The van der Waals surface area contributed by atoms with Crippen LogP contribution in [0.3, 0.4) is 0 Å². The van der Waals surface area contributed by atoms with Crippen molar-refractivity contribution in [2.24, 2.45) is 0 Å². The molecule has 0 unspecified atom stereocenters. The zero-order valence-corrected chi connectivity index (χ0v) is 12.7. The molecule has 0 bridgehead atoms. The first kappa shape index (κ1) is 13.0. The highest BCUT2D eigenvalue weighted by Gasteiger charge is 2.19. The molecule has 84 valence electrons. The molecule has 0 heterocycles. The minimum Gasteiger partial charge on any atom is -0.493 e. The number of halogens is 2. The van der Waals surface area contributed by atoms with Crippen molar-refractivity contribution < 1.29 is 4.74 Å². The lowest BCUT2D eigenvalue weighted by Crippen LogP contribution is -2.12. The molecule has 0 amide bonds. The van der Waals surface area contributed by atoms with Crippen LogP contribution in [0.1, 0.15) is 33.3 Å². The molecule has 0 spiro atoms. The molecule has 0 aliphatic rings. The Morgan fingerprint density at radius 2 is 1.73 bits per heavy atom. The van der Waals surface area contributed by atoms with Gasteiger partial charge in [-0.3, -0.25) is 0 Å². The van der Waals surface area contributed by atoms with E-state index in [-0.39, 0.29) is 5.41 Å². The predicted octanol–water partition coefficient (Wildman–Crippen LogP) is 4.91. The normalized spacial score (nSPS) is 11.6. The molecule has 1 nitrogen and oxygen atoms in total. The first-order chi connectivity index (χ1) is 6.86. The number of hydrogen-bond acceptors (Lipinski definition) is 1. The van der Waals surface area contributed by atoms with Crippen molar-refractivity contribution in [2.45, 2.75) is 33.1 Å². The second kappa shape index (κ2) is 4.88. The van der Waals surface area contributed by atoms with E-state index in [0.717, 1.165) is 14.7 Å². The predicted molar refractivity (Wildman–Crippen MR) is 71.7 cm³/mol. The van der Waals surface area contributed by atoms with E-state index < -0.39 is 0 Å². The fraction of sp³-hybridized carbons (Fsp3) is 0.500. The van der Waals surface area contributed by atoms with Gasteiger partial charge in [0.05, 0.1) is 11.1 Å². The van der Waals surface area contributed by atoms with Gasteiger partial charge in [-0.1, -0.05) is 36.7 Å². The Labute approximate surface area is 108 Å². The molecule has 1 aromatic carbocycles. The van der Waals surface area contributed by atoms with Crippen LogP contribution in [-0.4, -0.2) is 6.61 Å². The largest absolute Gasteiger partial charge is 0.493 e. The van der Waals surface area contributed by atoms with Crippen LogP contribution in [0.25, 0.3) is 0 Å². The highest BCUT2D eigenvalue weighted by atomic mass is 79.9. The lowest BCUT2D eigenvalue weighted by Gasteiger charge is -2.22. The monoisotopic (exact) mass is 334 g/mol. The van der Waals surface area contributed by atoms with E-state index in [1.54, 1.807) is 0 Å². The average Bonchev–Trinajstić information content (AvgIpc) is 2.07. The van der Waals surface area contributed by atoms with Gasteiger partial charge in [-0.15, -0.1) is 0 Å². The summed E-state index contributed by atoms with van der Waals surface area (Å²) >= 11 is 7.08. The molecule has 3 heteroatoms. The molecule has 0 radical (unpaired) electrons. The third-order valence-corrected chi connectivity index (χ3v) is 3.41. The zero-order chi connectivity index (χ0) is 11.6. The van der Waals surface area contributed by atoms with Crippen molar-refractivity contribution in [3.05, 3.63) is 26.6 Å². The van der Waals surface area contributed by atoms with Gasteiger partial charge in [0.2, 0.25) is 0 Å². The molecule has 15 heavy (non-hydrogen) atoms. The van der Waals surface area contributed by atoms with Crippen LogP contribution < -0.4 is 4.74 Å². The molecule has 1 rings (SSSR count). The van der Waals surface area contributed by atoms with Gasteiger partial charge in [-0.25, -0.2) is 0 Å². The van der Waals surface area contributed by atoms with Gasteiger partial charge in [0, 0.05) is 4.47 Å². The van der Waals surface area contributed by atoms with E-state index in [0.29, 0.717) is 6.61 Å². The number of hydrogen-bond donors (Lipinski definition) is 0. The summed E-state index contributed by atoms with van der Waals surface area (Å²) in [6, 6.07) is 4.14. The maximum atomic E-state index is 5.56. The van der Waals surface area contributed by atoms with Crippen molar-refractivity contribution in [3.63, 3.8) is 0 Å². The Morgan fingerprint density at radius 3 is 2.20 bits per heavy atom. The van der Waals surface area contributed by atoms with E-state index >= 15 is 0 Å². The van der Waals surface area contributed by atoms with Crippen molar-refractivity contribution in [1.29, 1.82) is 0 Å². The van der Waals surface area contributed by atoms with Gasteiger partial charge >= 0.3 is 0 Å². The van der Waals surface area contributed by atoms with Crippen LogP contribution in [0.15, 0.2) is 21.1 Å². The lowest BCUT2D eigenvalue weighted by molar-refractivity contribution is 0.337. The van der Waals surface area contributed by atoms with Crippen LogP contribution in [-0.2, 0) is 5.41 Å². The van der Waals surface area contributed by atoms with E-state index in [2.05, 4.69) is 58.7 Å². The molecule has 0 atom stereocenters. The minimum absolute atomic E-state index is 0.116. The second-order valence-electron chi connectivity index (χ2n) is 4.45. The van der Waals surface area contributed by atoms with Gasteiger partial charge in [0.15, 0.2) is 0 Å². The third kappa shape index (κ3) is 3.22. The van der Waals surface area contributed by atoms with Gasteiger partial charge in [-0.05, 0) is 46.0 Å². The zero-order valence-electron chi connectivity index (χ0n) is 9.53. The first-order valence-electron chi connectivity index (χ1n) is 4.98. The topological polar surface area (TPSA) is 9.23 Å². The molecule has 0 aliphatic carbocycles. The molecule has 0 saturated carbocycles. The van der Waals surface area contributed by atoms with Crippen LogP contribution in [0.5, 0.6) is 5.75 Å². The highest BCUT2D eigenvalue weighted by molar-refractivity contribution is 9.11. The Bertz CT molecular complexity index is 353. The van der Waals surface area contributed by atoms with Crippen molar-refractivity contribution in [1.82, 2.24) is 0 Å². The Balaban J connectivity index is 3.23. The Morgan fingerprint density at radius 1 is 1.13 bits per heavy atom. The summed E-state index contributed by atoms with van der Waals surface area (Å²) in [6.45, 7) is 9.25. The van der Waals surface area contributed by atoms with E-state index in [4.69, 9.17) is 4.74 Å². The summed E-state index contributed by atoms with van der Waals surface area (Å²) in [4.78, 5) is 0. The smallest absolute Gasteiger partial charge is 0.133 e. The molecule has 0 N–H and O–H groups in total. The molecule has 0 aromatic heterocycles. The van der Waals surface area contributed by atoms with Crippen molar-refractivity contribution >= 4 is 31.9 Å². The van der Waals surface area contributed by atoms with Crippen molar-refractivity contribution in [3.8, 4) is 5.75 Å². The molecule has 0 fully saturated rings. The summed E-state index contributed by atoms with van der Waals surface area (Å²) in [7, 11) is 0. The van der Waals surface area contributed by atoms with Crippen LogP contribution >= 0.6 is 31.9 Å². The van der Waals surface area contributed by atoms with Gasteiger partial charge < -0.3 is 4.74 Å². The summed E-state index contributed by atoms with van der Waals surface area (Å²) in [5.41, 5.74) is 1.37. The van der Waals surface area contributed by atoms with E-state index in [1.807, 2.05) is 13.0 Å². The lowest BCUT2D eigenvalue weighted by atomic mass is 9.87. The Hall–Kier alpha value is -0.0200. The maximum Gasteiger partial charge on any atom is 0.133 e. The standard InChI is InChI=1S/C12H16Br2O/c1-5-15-11-6-8(12(2,3)4)9(13)7-10(11)14/h6-7H,5H2,1-4H3. The minimum atomic E-state index is 0.116. The third-order valence-electron chi connectivity index (χ3n) is 2.13. The second-order valence-corrected chi connectivity index (χ2v) is 6.15. The first-order valence-corrected chi connectivity index (χ1v) is 6.57. The molecular weight excluding hydrogens is 320 g/mol. The summed E-state index contributed by atoms with van der Waals surface area (Å²) in [5.74, 6) is 0.908. The van der Waals surface area contributed by atoms with Gasteiger partial charge in [0.1, 0.15) is 5.75 Å². The van der Waals surface area contributed by atoms with Gasteiger partial charge in [0.25, 0.3) is 0 Å². The summed E-state index contributed by atoms with van der Waals surface area (Å²) < 4.78 is 7.67. The van der Waals surface area contributed by atoms with Crippen molar-refractivity contribution in [2.75, 3.05) is 6.61 Å². The van der Waals surface area contributed by atoms with Gasteiger partial charge in [-0.2, -0.15) is 0 Å². The fourth-order valence-corrected chi connectivity index (χ4v) is 3.07. The van der Waals surface area contributed by atoms with E-state index in [1.165, 1.54) is 5.56 Å². The summed E-state index contributed by atoms with van der Waals surface area (Å²) in [6.07, 6.45) is 0. The quantitative estimate of drug-likeness (QED) is 0.746. The van der Waals surface area contributed by atoms with Crippen LogP contribution in [0, 0.1) is 0 Å². The van der Waals surface area contributed by atoms with Crippen LogP contribution in [0.4, 0.5) is 0 Å². The number of ether oxygens (including phenoxy) is 1. The highest BCUT2D eigenvalue weighted by Crippen LogP contribution is 2.37. The summed E-state index contributed by atoms with van der Waals surface area (Å²) in [5, 5.41) is 0. The molecule has 0 saturated heterocycles. The van der Waals surface area contributed by atoms with Crippen LogP contribution in [0.2, 0.25) is 0 Å². The maximum absolute atomic E-state index is 5.56. The molecular formula is C12H16Br2O.